The summed E-state index contributed by atoms with van der Waals surface area (Å²) < 4.78 is 0. The number of hydrogen-bond donors (Lipinski definition) is 0. The molecule has 0 bridgehead atoms. The third-order valence-electron chi connectivity index (χ3n) is 11.2. The van der Waals surface area contributed by atoms with E-state index < -0.39 is 0 Å². The molecule has 0 amide bonds. The van der Waals surface area contributed by atoms with Crippen LogP contribution in [0.2, 0.25) is 0 Å². The molecule has 3 aliphatic rings. The van der Waals surface area contributed by atoms with Crippen molar-refractivity contribution in [1.29, 1.82) is 0 Å². The predicted octanol–water partition coefficient (Wildman–Crippen LogP) is 10.9. The fourth-order valence-electron chi connectivity index (χ4n) is 9.02. The molecule has 208 valence electrons. The zero-order chi connectivity index (χ0) is 27.4. The molecule has 0 radical (unpaired) electrons. The first-order chi connectivity index (χ1) is 17.4. The van der Waals surface area contributed by atoms with Crippen LogP contribution in [-0.2, 0) is 0 Å². The van der Waals surface area contributed by atoms with Crippen molar-refractivity contribution < 1.29 is 0 Å². The molecule has 37 heavy (non-hydrogen) atoms. The standard InChI is InChI=1S/C36H59N/c1-11-29-24-35(10,32-20-23-36(32)22-14-13-21-34(36,8)9)31(19-18-28(7)25-37-12-2)33(29)30(27(5)6)17-15-16-26(3)4/h12,15-17,28-29,31-32H,5,11,13-14,18-25H2,1-4,6-10H3/b17-15+,33-30+,37-12?. The molecule has 6 atom stereocenters. The maximum Gasteiger partial charge on any atom is 0.0410 e. The maximum absolute atomic E-state index is 4.60. The van der Waals surface area contributed by atoms with Crippen molar-refractivity contribution in [3.63, 3.8) is 0 Å². The Labute approximate surface area is 231 Å². The van der Waals surface area contributed by atoms with Gasteiger partial charge in [-0.25, -0.2) is 0 Å². The summed E-state index contributed by atoms with van der Waals surface area (Å²) in [5.74, 6) is 2.81. The van der Waals surface area contributed by atoms with Gasteiger partial charge in [0.1, 0.15) is 0 Å². The summed E-state index contributed by atoms with van der Waals surface area (Å²) in [5.41, 5.74) is 7.19. The molecule has 3 rings (SSSR count). The summed E-state index contributed by atoms with van der Waals surface area (Å²) in [6, 6.07) is 0. The quantitative estimate of drug-likeness (QED) is 0.207. The van der Waals surface area contributed by atoms with Crippen LogP contribution in [0, 0.1) is 39.9 Å². The second-order valence-corrected chi connectivity index (χ2v) is 14.3. The molecule has 0 aromatic carbocycles. The van der Waals surface area contributed by atoms with Crippen LogP contribution in [0.15, 0.2) is 52.1 Å². The summed E-state index contributed by atoms with van der Waals surface area (Å²) in [6.45, 7) is 26.9. The summed E-state index contributed by atoms with van der Waals surface area (Å²) in [4.78, 5) is 4.60. The number of rotatable bonds is 10. The van der Waals surface area contributed by atoms with Crippen molar-refractivity contribution in [2.45, 2.75) is 127 Å². The molecule has 0 heterocycles. The average molecular weight is 506 g/mol. The number of allylic oxidation sites excluding steroid dienone is 7. The topological polar surface area (TPSA) is 12.4 Å². The first-order valence-corrected chi connectivity index (χ1v) is 15.6. The van der Waals surface area contributed by atoms with Gasteiger partial charge in [0.15, 0.2) is 0 Å². The highest BCUT2D eigenvalue weighted by Crippen LogP contribution is 2.73. The van der Waals surface area contributed by atoms with Crippen molar-refractivity contribution >= 4 is 6.21 Å². The molecule has 1 heteroatoms. The highest BCUT2D eigenvalue weighted by atomic mass is 14.7. The van der Waals surface area contributed by atoms with Crippen LogP contribution >= 0.6 is 0 Å². The molecule has 3 fully saturated rings. The number of hydrogen-bond acceptors (Lipinski definition) is 1. The Morgan fingerprint density at radius 3 is 2.35 bits per heavy atom. The second kappa shape index (κ2) is 12.2. The molecule has 1 spiro atoms. The molecule has 3 aliphatic carbocycles. The van der Waals surface area contributed by atoms with Gasteiger partial charge >= 0.3 is 0 Å². The van der Waals surface area contributed by atoms with E-state index in [-0.39, 0.29) is 0 Å². The van der Waals surface area contributed by atoms with E-state index >= 15 is 0 Å². The zero-order valence-corrected chi connectivity index (χ0v) is 26.1. The Hall–Kier alpha value is -1.37. The van der Waals surface area contributed by atoms with Gasteiger partial charge in [-0.15, -0.1) is 0 Å². The van der Waals surface area contributed by atoms with Crippen LogP contribution in [0.5, 0.6) is 0 Å². The van der Waals surface area contributed by atoms with Gasteiger partial charge in [0, 0.05) is 6.54 Å². The van der Waals surface area contributed by atoms with Gasteiger partial charge in [0.05, 0.1) is 0 Å². The summed E-state index contributed by atoms with van der Waals surface area (Å²) in [7, 11) is 0. The van der Waals surface area contributed by atoms with Crippen molar-refractivity contribution in [2.75, 3.05) is 6.54 Å². The molecule has 1 nitrogen and oxygen atoms in total. The first-order valence-electron chi connectivity index (χ1n) is 15.6. The van der Waals surface area contributed by atoms with Gasteiger partial charge in [-0.05, 0) is 131 Å². The molecule has 0 aliphatic heterocycles. The molecule has 0 aromatic rings. The molecular formula is C36H59N. The molecule has 0 saturated heterocycles. The Morgan fingerprint density at radius 2 is 1.81 bits per heavy atom. The van der Waals surface area contributed by atoms with Crippen molar-refractivity contribution in [1.82, 2.24) is 0 Å². The van der Waals surface area contributed by atoms with E-state index in [2.05, 4.69) is 85.2 Å². The minimum absolute atomic E-state index is 0.377. The predicted molar refractivity (Wildman–Crippen MR) is 165 cm³/mol. The summed E-state index contributed by atoms with van der Waals surface area (Å²) >= 11 is 0. The summed E-state index contributed by atoms with van der Waals surface area (Å²) in [6.07, 6.45) is 22.7. The second-order valence-electron chi connectivity index (χ2n) is 14.3. The fraction of sp³-hybridized carbons (Fsp3) is 0.750. The van der Waals surface area contributed by atoms with Gasteiger partial charge < -0.3 is 0 Å². The Bertz CT molecular complexity index is 922. The highest BCUT2D eigenvalue weighted by Gasteiger charge is 2.65. The van der Waals surface area contributed by atoms with Gasteiger partial charge in [0.25, 0.3) is 0 Å². The molecule has 3 saturated carbocycles. The molecule has 6 unspecified atom stereocenters. The highest BCUT2D eigenvalue weighted by molar-refractivity contribution is 5.53. The smallest absolute Gasteiger partial charge is 0.0410 e. The minimum atomic E-state index is 0.377. The number of aliphatic imine (C=N–C) groups is 1. The maximum atomic E-state index is 4.60. The van der Waals surface area contributed by atoms with E-state index in [1.54, 1.807) is 5.57 Å². The molecule has 0 N–H and O–H groups in total. The van der Waals surface area contributed by atoms with Crippen molar-refractivity contribution in [3.8, 4) is 0 Å². The van der Waals surface area contributed by atoms with Gasteiger partial charge in [-0.2, -0.15) is 0 Å². The van der Waals surface area contributed by atoms with Crippen molar-refractivity contribution in [2.24, 2.45) is 44.9 Å². The van der Waals surface area contributed by atoms with Crippen LogP contribution in [0.3, 0.4) is 0 Å². The zero-order valence-electron chi connectivity index (χ0n) is 26.1. The van der Waals surface area contributed by atoms with Gasteiger partial charge in [-0.3, -0.25) is 4.99 Å². The normalized spacial score (nSPS) is 35.6. The van der Waals surface area contributed by atoms with Crippen LogP contribution in [0.25, 0.3) is 0 Å². The van der Waals surface area contributed by atoms with Gasteiger partial charge in [-0.1, -0.05) is 89.0 Å². The van der Waals surface area contributed by atoms with E-state index in [4.69, 9.17) is 0 Å². The third-order valence-corrected chi connectivity index (χ3v) is 11.2. The van der Waals surface area contributed by atoms with E-state index in [1.807, 2.05) is 13.1 Å². The van der Waals surface area contributed by atoms with E-state index in [0.717, 1.165) is 12.5 Å². The lowest BCUT2D eigenvalue weighted by Crippen LogP contribution is -2.58. The minimum Gasteiger partial charge on any atom is -0.298 e. The first kappa shape index (κ1) is 30.2. The van der Waals surface area contributed by atoms with E-state index in [1.165, 1.54) is 80.9 Å². The van der Waals surface area contributed by atoms with Crippen LogP contribution in [0.4, 0.5) is 0 Å². The van der Waals surface area contributed by atoms with E-state index in [9.17, 15) is 0 Å². The largest absolute Gasteiger partial charge is 0.298 e. The lowest BCUT2D eigenvalue weighted by molar-refractivity contribution is -0.171. The average Bonchev–Trinajstić information content (AvgIpc) is 3.08. The Morgan fingerprint density at radius 1 is 1.11 bits per heavy atom. The molecular weight excluding hydrogens is 446 g/mol. The lowest BCUT2D eigenvalue weighted by atomic mass is 9.38. The van der Waals surface area contributed by atoms with Crippen LogP contribution < -0.4 is 0 Å². The van der Waals surface area contributed by atoms with E-state index in [0.29, 0.717) is 34.0 Å². The SMILES string of the molecule is C=C(C)C(/C=C/C=C(C)C)=C1\C(CC)CC(C)(C2CCC23CCCCC3(C)C)C1CCC(C)CN=CC. The Kier molecular flexibility index (Phi) is 9.96. The van der Waals surface area contributed by atoms with Crippen LogP contribution in [0.1, 0.15) is 127 Å². The third kappa shape index (κ3) is 5.96. The van der Waals surface area contributed by atoms with Crippen molar-refractivity contribution in [3.05, 3.63) is 47.1 Å². The summed E-state index contributed by atoms with van der Waals surface area (Å²) in [5, 5.41) is 0. The van der Waals surface area contributed by atoms with Crippen LogP contribution in [-0.4, -0.2) is 12.8 Å². The lowest BCUT2D eigenvalue weighted by Gasteiger charge is -2.66. The Balaban J connectivity index is 2.10. The number of nitrogens with zero attached hydrogens (tertiary/aromatic N) is 1. The monoisotopic (exact) mass is 505 g/mol. The fourth-order valence-corrected chi connectivity index (χ4v) is 9.02. The molecule has 0 aromatic heterocycles. The van der Waals surface area contributed by atoms with Gasteiger partial charge in [0.2, 0.25) is 0 Å².